The summed E-state index contributed by atoms with van der Waals surface area (Å²) < 4.78 is 0. The van der Waals surface area contributed by atoms with Crippen LogP contribution >= 0.6 is 0 Å². The number of hydrogen-bond donors (Lipinski definition) is 0. The lowest BCUT2D eigenvalue weighted by molar-refractivity contribution is 0.160. The maximum atomic E-state index is 3.96. The van der Waals surface area contributed by atoms with E-state index in [1.54, 1.807) is 11.1 Å². The SMILES string of the molecule is C=CCC1CCC(C2CCC(c3ccc(C4CCC(C5CCC(CC=C)CC5)CC4)cc3)CC2)CC1. The van der Waals surface area contributed by atoms with Gasteiger partial charge in [-0.3, -0.25) is 0 Å². The van der Waals surface area contributed by atoms with Crippen LogP contribution in [0.5, 0.6) is 0 Å². The van der Waals surface area contributed by atoms with Gasteiger partial charge in [-0.2, -0.15) is 0 Å². The van der Waals surface area contributed by atoms with Crippen LogP contribution in [0.1, 0.15) is 139 Å². The Kier molecular flexibility index (Phi) is 9.48. The average molecular weight is 487 g/mol. The van der Waals surface area contributed by atoms with Crippen LogP contribution in [0.2, 0.25) is 0 Å². The Morgan fingerprint density at radius 2 is 0.722 bits per heavy atom. The number of hydrogen-bond acceptors (Lipinski definition) is 0. The Bertz CT molecular complexity index is 716. The van der Waals surface area contributed by atoms with Crippen molar-refractivity contribution >= 4 is 0 Å². The molecule has 0 heteroatoms. The van der Waals surface area contributed by atoms with Crippen molar-refractivity contribution in [1.82, 2.24) is 0 Å². The fraction of sp³-hybridized carbons (Fsp3) is 0.722. The molecule has 0 nitrogen and oxygen atoms in total. The predicted octanol–water partition coefficient (Wildman–Crippen LogP) is 11.0. The molecule has 0 saturated heterocycles. The Balaban J connectivity index is 1.04. The molecule has 0 aromatic heterocycles. The van der Waals surface area contributed by atoms with Crippen molar-refractivity contribution < 1.29 is 0 Å². The first-order chi connectivity index (χ1) is 17.7. The molecule has 0 radical (unpaired) electrons. The van der Waals surface area contributed by atoms with Crippen LogP contribution in [0.15, 0.2) is 49.6 Å². The Morgan fingerprint density at radius 3 is 1.00 bits per heavy atom. The van der Waals surface area contributed by atoms with E-state index in [0.717, 1.165) is 47.3 Å². The van der Waals surface area contributed by atoms with E-state index >= 15 is 0 Å². The minimum Gasteiger partial charge on any atom is -0.103 e. The summed E-state index contributed by atoms with van der Waals surface area (Å²) in [6.07, 6.45) is 30.2. The normalized spacial score (nSPS) is 37.8. The fourth-order valence-corrected chi connectivity index (χ4v) is 9.15. The van der Waals surface area contributed by atoms with E-state index < -0.39 is 0 Å². The molecule has 0 bridgehead atoms. The van der Waals surface area contributed by atoms with Crippen molar-refractivity contribution in [3.8, 4) is 0 Å². The second kappa shape index (κ2) is 13.0. The summed E-state index contributed by atoms with van der Waals surface area (Å²) in [5.41, 5.74) is 3.27. The van der Waals surface area contributed by atoms with Gasteiger partial charge in [0.1, 0.15) is 0 Å². The highest BCUT2D eigenvalue weighted by Crippen LogP contribution is 2.46. The lowest BCUT2D eigenvalue weighted by Gasteiger charge is -2.38. The number of allylic oxidation sites excluding steroid dienone is 2. The molecule has 0 atom stereocenters. The zero-order valence-electron chi connectivity index (χ0n) is 23.2. The van der Waals surface area contributed by atoms with Crippen molar-refractivity contribution in [2.24, 2.45) is 35.5 Å². The maximum Gasteiger partial charge on any atom is -0.0162 e. The highest BCUT2D eigenvalue weighted by Gasteiger charge is 2.32. The first-order valence-electron chi connectivity index (χ1n) is 16.0. The van der Waals surface area contributed by atoms with Crippen molar-refractivity contribution in [3.63, 3.8) is 0 Å². The molecule has 1 aromatic carbocycles. The monoisotopic (exact) mass is 486 g/mol. The molecule has 0 unspecified atom stereocenters. The van der Waals surface area contributed by atoms with Crippen LogP contribution in [0, 0.1) is 35.5 Å². The van der Waals surface area contributed by atoms with Crippen LogP contribution in [0.4, 0.5) is 0 Å². The van der Waals surface area contributed by atoms with E-state index in [2.05, 4.69) is 49.6 Å². The van der Waals surface area contributed by atoms with Gasteiger partial charge >= 0.3 is 0 Å². The van der Waals surface area contributed by atoms with E-state index in [1.165, 1.54) is 116 Å². The van der Waals surface area contributed by atoms with Gasteiger partial charge in [-0.15, -0.1) is 13.2 Å². The van der Waals surface area contributed by atoms with E-state index in [4.69, 9.17) is 0 Å². The molecular formula is C36H54. The zero-order chi connectivity index (χ0) is 24.7. The van der Waals surface area contributed by atoms with Gasteiger partial charge < -0.3 is 0 Å². The smallest absolute Gasteiger partial charge is 0.0162 e. The van der Waals surface area contributed by atoms with E-state index in [1.807, 2.05) is 0 Å². The van der Waals surface area contributed by atoms with Gasteiger partial charge in [0.2, 0.25) is 0 Å². The molecule has 4 aliphatic carbocycles. The molecule has 5 rings (SSSR count). The van der Waals surface area contributed by atoms with Crippen LogP contribution in [0.25, 0.3) is 0 Å². The minimum atomic E-state index is 0.819. The molecular weight excluding hydrogens is 432 g/mol. The van der Waals surface area contributed by atoms with Gasteiger partial charge in [0.05, 0.1) is 0 Å². The van der Waals surface area contributed by atoms with Crippen LogP contribution < -0.4 is 0 Å². The lowest BCUT2D eigenvalue weighted by Crippen LogP contribution is -2.25. The average Bonchev–Trinajstić information content (AvgIpc) is 2.95. The van der Waals surface area contributed by atoms with Gasteiger partial charge in [0, 0.05) is 0 Å². The summed E-state index contributed by atoms with van der Waals surface area (Å²) in [6, 6.07) is 10.1. The first kappa shape index (κ1) is 26.3. The van der Waals surface area contributed by atoms with Crippen LogP contribution in [-0.2, 0) is 0 Å². The molecule has 0 amide bonds. The summed E-state index contributed by atoms with van der Waals surface area (Å²) in [4.78, 5) is 0. The molecule has 0 N–H and O–H groups in total. The highest BCUT2D eigenvalue weighted by atomic mass is 14.4. The molecule has 0 spiro atoms. The van der Waals surface area contributed by atoms with Gasteiger partial charge in [0.15, 0.2) is 0 Å². The Morgan fingerprint density at radius 1 is 0.444 bits per heavy atom. The van der Waals surface area contributed by atoms with Crippen LogP contribution in [0.3, 0.4) is 0 Å². The highest BCUT2D eigenvalue weighted by molar-refractivity contribution is 5.28. The molecule has 36 heavy (non-hydrogen) atoms. The van der Waals surface area contributed by atoms with E-state index in [-0.39, 0.29) is 0 Å². The first-order valence-corrected chi connectivity index (χ1v) is 16.0. The standard InChI is InChI=1S/C36H54/c1-3-5-27-7-11-29(12-8-27)31-15-19-33(20-16-31)35-23-25-36(26-24-35)34-21-17-32(18-22-34)30-13-9-28(6-4-2)10-14-30/h3-4,23-34H,1-2,5-22H2. The third kappa shape index (κ3) is 6.57. The van der Waals surface area contributed by atoms with E-state index in [9.17, 15) is 0 Å². The molecule has 0 aliphatic heterocycles. The Hall–Kier alpha value is -1.30. The predicted molar refractivity (Wildman–Crippen MR) is 156 cm³/mol. The van der Waals surface area contributed by atoms with Crippen molar-refractivity contribution in [1.29, 1.82) is 0 Å². The second-order valence-corrected chi connectivity index (χ2v) is 13.5. The van der Waals surface area contributed by atoms with Crippen molar-refractivity contribution in [2.45, 2.75) is 127 Å². The quantitative estimate of drug-likeness (QED) is 0.320. The van der Waals surface area contributed by atoms with Crippen molar-refractivity contribution in [2.75, 3.05) is 0 Å². The molecule has 1 aromatic rings. The summed E-state index contributed by atoms with van der Waals surface area (Å²) in [5, 5.41) is 0. The third-order valence-corrected chi connectivity index (χ3v) is 11.5. The minimum absolute atomic E-state index is 0.819. The lowest BCUT2D eigenvalue weighted by atomic mass is 9.67. The zero-order valence-corrected chi connectivity index (χ0v) is 23.2. The van der Waals surface area contributed by atoms with E-state index in [0.29, 0.717) is 0 Å². The van der Waals surface area contributed by atoms with Gasteiger partial charge in [-0.25, -0.2) is 0 Å². The summed E-state index contributed by atoms with van der Waals surface area (Å²) in [5.74, 6) is 7.57. The summed E-state index contributed by atoms with van der Waals surface area (Å²) >= 11 is 0. The van der Waals surface area contributed by atoms with Gasteiger partial charge in [0.25, 0.3) is 0 Å². The molecule has 198 valence electrons. The summed E-state index contributed by atoms with van der Waals surface area (Å²) in [6.45, 7) is 7.92. The molecule has 4 fully saturated rings. The third-order valence-electron chi connectivity index (χ3n) is 11.5. The number of benzene rings is 1. The van der Waals surface area contributed by atoms with Gasteiger partial charge in [-0.05, 0) is 174 Å². The summed E-state index contributed by atoms with van der Waals surface area (Å²) in [7, 11) is 0. The van der Waals surface area contributed by atoms with Crippen molar-refractivity contribution in [3.05, 3.63) is 60.7 Å². The fourth-order valence-electron chi connectivity index (χ4n) is 9.15. The molecule has 4 aliphatic rings. The number of rotatable bonds is 8. The maximum absolute atomic E-state index is 3.96. The topological polar surface area (TPSA) is 0 Å². The molecule has 0 heterocycles. The Labute approximate surface area is 223 Å². The van der Waals surface area contributed by atoms with Gasteiger partial charge in [-0.1, -0.05) is 36.4 Å². The second-order valence-electron chi connectivity index (χ2n) is 13.5. The largest absolute Gasteiger partial charge is 0.103 e. The van der Waals surface area contributed by atoms with Crippen LogP contribution in [-0.4, -0.2) is 0 Å². The molecule has 4 saturated carbocycles.